The summed E-state index contributed by atoms with van der Waals surface area (Å²) in [5.74, 6) is 0.339. The number of hydrogen-bond acceptors (Lipinski definition) is 5. The van der Waals surface area contributed by atoms with Crippen LogP contribution in [0.3, 0.4) is 0 Å². The van der Waals surface area contributed by atoms with Crippen LogP contribution in [0.15, 0.2) is 15.7 Å². The van der Waals surface area contributed by atoms with Crippen LogP contribution in [-0.2, 0) is 18.8 Å². The van der Waals surface area contributed by atoms with Crippen LogP contribution in [-0.4, -0.2) is 57.8 Å². The first-order valence-corrected chi connectivity index (χ1v) is 8.87. The molecule has 1 aliphatic carbocycles. The Balaban J connectivity index is 1.44. The average Bonchev–Trinajstić information content (AvgIpc) is 3.36. The summed E-state index contributed by atoms with van der Waals surface area (Å²) < 4.78 is 8.18. The van der Waals surface area contributed by atoms with Crippen LogP contribution in [0, 0.1) is 5.92 Å². The zero-order valence-corrected chi connectivity index (χ0v) is 14.6. The minimum absolute atomic E-state index is 0.0122. The molecule has 1 amide bonds. The Labute approximate surface area is 145 Å². The summed E-state index contributed by atoms with van der Waals surface area (Å²) in [5, 5.41) is 2.98. The Morgan fingerprint density at radius 2 is 1.96 bits per heavy atom. The average molecular weight is 348 g/mol. The van der Waals surface area contributed by atoms with Crippen molar-refractivity contribution < 1.29 is 9.53 Å². The summed E-state index contributed by atoms with van der Waals surface area (Å²) in [6.07, 6.45) is 3.70. The van der Waals surface area contributed by atoms with Gasteiger partial charge in [0.15, 0.2) is 0 Å². The second kappa shape index (κ2) is 6.10. The second-order valence-electron chi connectivity index (χ2n) is 7.49. The van der Waals surface area contributed by atoms with Gasteiger partial charge in [0.1, 0.15) is 5.69 Å². The number of carbonyl (C=O) groups excluding carboxylic acids is 1. The lowest BCUT2D eigenvalue weighted by Gasteiger charge is -2.35. The molecule has 3 atom stereocenters. The molecule has 2 aliphatic heterocycles. The summed E-state index contributed by atoms with van der Waals surface area (Å²) in [7, 11) is 2.90. The monoisotopic (exact) mass is 348 g/mol. The maximum atomic E-state index is 12.6. The molecule has 1 saturated carbocycles. The molecule has 4 rings (SSSR count). The number of carbonyl (C=O) groups is 1. The number of morpholine rings is 1. The van der Waals surface area contributed by atoms with E-state index in [0.29, 0.717) is 18.1 Å². The molecule has 25 heavy (non-hydrogen) atoms. The van der Waals surface area contributed by atoms with Gasteiger partial charge in [-0.05, 0) is 25.2 Å². The smallest absolute Gasteiger partial charge is 0.331 e. The van der Waals surface area contributed by atoms with Crippen LogP contribution in [0.4, 0.5) is 0 Å². The molecule has 0 spiro atoms. The van der Waals surface area contributed by atoms with Gasteiger partial charge in [-0.25, -0.2) is 4.79 Å². The topological polar surface area (TPSA) is 85.6 Å². The summed E-state index contributed by atoms with van der Waals surface area (Å²) >= 11 is 0. The highest BCUT2D eigenvalue weighted by Crippen LogP contribution is 2.37. The second-order valence-corrected chi connectivity index (χ2v) is 7.49. The molecule has 2 saturated heterocycles. The molecule has 3 aliphatic rings. The van der Waals surface area contributed by atoms with E-state index < -0.39 is 11.2 Å². The van der Waals surface area contributed by atoms with Gasteiger partial charge in [-0.2, -0.15) is 0 Å². The minimum atomic E-state index is -0.498. The van der Waals surface area contributed by atoms with E-state index in [4.69, 9.17) is 4.74 Å². The van der Waals surface area contributed by atoms with Crippen LogP contribution < -0.4 is 16.6 Å². The van der Waals surface area contributed by atoms with Crippen LogP contribution in [0.25, 0.3) is 0 Å². The van der Waals surface area contributed by atoms with E-state index in [1.54, 1.807) is 0 Å². The van der Waals surface area contributed by atoms with Crippen molar-refractivity contribution in [1.82, 2.24) is 19.4 Å². The number of rotatable bonds is 3. The molecular formula is C17H24N4O4. The third-order valence-electron chi connectivity index (χ3n) is 5.69. The lowest BCUT2D eigenvalue weighted by atomic mass is 10.1. The molecule has 0 unspecified atom stereocenters. The van der Waals surface area contributed by atoms with Gasteiger partial charge in [0, 0.05) is 45.3 Å². The molecular weight excluding hydrogens is 324 g/mol. The maximum absolute atomic E-state index is 12.6. The zero-order chi connectivity index (χ0) is 17.7. The molecule has 0 aromatic carbocycles. The lowest BCUT2D eigenvalue weighted by Crippen LogP contribution is -2.47. The predicted octanol–water partition coefficient (Wildman–Crippen LogP) is -0.934. The predicted molar refractivity (Wildman–Crippen MR) is 90.6 cm³/mol. The largest absolute Gasteiger partial charge is 0.375 e. The number of ether oxygens (including phenoxy) is 1. The van der Waals surface area contributed by atoms with Crippen molar-refractivity contribution in [2.75, 3.05) is 19.7 Å². The molecule has 136 valence electrons. The molecule has 1 aromatic rings. The van der Waals surface area contributed by atoms with E-state index in [1.165, 1.54) is 37.6 Å². The Bertz CT molecular complexity index is 810. The maximum Gasteiger partial charge on any atom is 0.331 e. The van der Waals surface area contributed by atoms with E-state index >= 15 is 0 Å². The van der Waals surface area contributed by atoms with Crippen LogP contribution in [0.5, 0.6) is 0 Å². The number of amides is 1. The molecule has 3 heterocycles. The first-order chi connectivity index (χ1) is 11.9. The van der Waals surface area contributed by atoms with Crippen molar-refractivity contribution >= 4 is 5.91 Å². The number of nitrogens with one attached hydrogen (secondary N) is 1. The third kappa shape index (κ3) is 3.04. The van der Waals surface area contributed by atoms with Crippen molar-refractivity contribution in [2.24, 2.45) is 20.0 Å². The fraction of sp³-hybridized carbons (Fsp3) is 0.706. The minimum Gasteiger partial charge on any atom is -0.375 e. The summed E-state index contributed by atoms with van der Waals surface area (Å²) in [6, 6.07) is 1.57. The van der Waals surface area contributed by atoms with E-state index in [1.807, 2.05) is 0 Å². The molecule has 3 fully saturated rings. The van der Waals surface area contributed by atoms with Crippen molar-refractivity contribution in [3.8, 4) is 0 Å². The van der Waals surface area contributed by atoms with Gasteiger partial charge in [0.2, 0.25) is 0 Å². The Hall–Kier alpha value is -1.93. The molecule has 0 bridgehead atoms. The number of nitrogens with zero attached hydrogens (tertiary/aromatic N) is 3. The molecule has 1 N–H and O–H groups in total. The van der Waals surface area contributed by atoms with Gasteiger partial charge < -0.3 is 10.1 Å². The van der Waals surface area contributed by atoms with Crippen molar-refractivity contribution in [3.63, 3.8) is 0 Å². The van der Waals surface area contributed by atoms with Crippen molar-refractivity contribution in [2.45, 2.75) is 37.5 Å². The molecule has 8 nitrogen and oxygen atoms in total. The third-order valence-corrected chi connectivity index (χ3v) is 5.69. The first-order valence-electron chi connectivity index (χ1n) is 8.87. The van der Waals surface area contributed by atoms with Gasteiger partial charge in [-0.3, -0.25) is 23.6 Å². The highest BCUT2D eigenvalue weighted by atomic mass is 16.5. The number of aromatic nitrogens is 2. The zero-order valence-electron chi connectivity index (χ0n) is 14.6. The van der Waals surface area contributed by atoms with Gasteiger partial charge in [-0.1, -0.05) is 0 Å². The Kier molecular flexibility index (Phi) is 4.04. The standard InChI is InChI=1S/C17H24N4O4/c1-19-13(6-15(22)20(2)17(19)24)16(23)18-11-5-12-9-25-14(10-3-4-10)8-21(12)7-11/h6,10-12,14H,3-5,7-9H2,1-2H3,(H,18,23)/t11-,12-,14-/m0/s1. The number of hydrogen-bond donors (Lipinski definition) is 1. The summed E-state index contributed by atoms with van der Waals surface area (Å²) in [5.41, 5.74) is -0.870. The molecule has 1 aromatic heterocycles. The van der Waals surface area contributed by atoms with Crippen LogP contribution >= 0.6 is 0 Å². The van der Waals surface area contributed by atoms with Crippen LogP contribution in [0.2, 0.25) is 0 Å². The van der Waals surface area contributed by atoms with E-state index in [9.17, 15) is 14.4 Å². The van der Waals surface area contributed by atoms with Crippen LogP contribution in [0.1, 0.15) is 29.8 Å². The van der Waals surface area contributed by atoms with Crippen molar-refractivity contribution in [3.05, 3.63) is 32.6 Å². The van der Waals surface area contributed by atoms with Gasteiger partial charge in [0.05, 0.1) is 12.7 Å². The summed E-state index contributed by atoms with van der Waals surface area (Å²) in [6.45, 7) is 2.45. The number of fused-ring (bicyclic) bond motifs is 1. The van der Waals surface area contributed by atoms with E-state index in [0.717, 1.165) is 30.7 Å². The summed E-state index contributed by atoms with van der Waals surface area (Å²) in [4.78, 5) is 38.8. The fourth-order valence-electron chi connectivity index (χ4n) is 3.97. The Morgan fingerprint density at radius 3 is 2.68 bits per heavy atom. The van der Waals surface area contributed by atoms with Gasteiger partial charge in [0.25, 0.3) is 11.5 Å². The molecule has 8 heteroatoms. The quantitative estimate of drug-likeness (QED) is 0.762. The normalized spacial score (nSPS) is 29.4. The fourth-order valence-corrected chi connectivity index (χ4v) is 3.97. The van der Waals surface area contributed by atoms with Gasteiger partial charge >= 0.3 is 5.69 Å². The lowest BCUT2D eigenvalue weighted by molar-refractivity contribution is -0.0581. The van der Waals surface area contributed by atoms with E-state index in [-0.39, 0.29) is 17.6 Å². The highest BCUT2D eigenvalue weighted by Gasteiger charge is 2.42. The van der Waals surface area contributed by atoms with Crippen molar-refractivity contribution in [1.29, 1.82) is 0 Å². The molecule has 0 radical (unpaired) electrons. The SMILES string of the molecule is Cn1c(C(=O)N[C@H]2C[C@H]3CO[C@H](C4CC4)CN3C2)cc(=O)n(C)c1=O. The van der Waals surface area contributed by atoms with Gasteiger partial charge in [-0.15, -0.1) is 0 Å². The first kappa shape index (κ1) is 16.5. The van der Waals surface area contributed by atoms with E-state index in [2.05, 4.69) is 10.2 Å². The highest BCUT2D eigenvalue weighted by molar-refractivity contribution is 5.92. The Morgan fingerprint density at radius 1 is 1.20 bits per heavy atom.